The van der Waals surface area contributed by atoms with Gasteiger partial charge in [0.25, 0.3) is 0 Å². The molecule has 0 unspecified atom stereocenters. The van der Waals surface area contributed by atoms with Crippen molar-refractivity contribution >= 4 is 5.97 Å². The highest BCUT2D eigenvalue weighted by atomic mass is 16.4. The number of nitrogens with one attached hydrogen (secondary N) is 1. The Labute approximate surface area is 84.3 Å². The Morgan fingerprint density at radius 2 is 2.21 bits per heavy atom. The van der Waals surface area contributed by atoms with Gasteiger partial charge in [-0.3, -0.25) is 4.79 Å². The molecule has 4 nitrogen and oxygen atoms in total. The maximum Gasteiger partial charge on any atom is 0.304 e. The lowest BCUT2D eigenvalue weighted by atomic mass is 9.60. The van der Waals surface area contributed by atoms with Crippen LogP contribution in [0.5, 0.6) is 0 Å². The van der Waals surface area contributed by atoms with Gasteiger partial charge in [-0.2, -0.15) is 0 Å². The zero-order valence-electron chi connectivity index (χ0n) is 8.62. The molecule has 0 amide bonds. The van der Waals surface area contributed by atoms with E-state index in [-0.39, 0.29) is 6.42 Å². The zero-order valence-corrected chi connectivity index (χ0v) is 8.62. The van der Waals surface area contributed by atoms with Gasteiger partial charge in [-0.25, -0.2) is 0 Å². The summed E-state index contributed by atoms with van der Waals surface area (Å²) in [5.41, 5.74) is 0.548. The number of carboxylic acid groups (broad SMARTS) is 1. The Kier molecular flexibility index (Phi) is 2.49. The maximum absolute atomic E-state index is 10.4. The van der Waals surface area contributed by atoms with E-state index in [2.05, 4.69) is 10.2 Å². The van der Waals surface area contributed by atoms with Gasteiger partial charge in [-0.05, 0) is 25.3 Å². The monoisotopic (exact) mass is 198 g/mol. The third-order valence-corrected chi connectivity index (χ3v) is 3.53. The molecule has 0 atom stereocenters. The lowest BCUT2D eigenvalue weighted by Crippen LogP contribution is -2.65. The van der Waals surface area contributed by atoms with E-state index in [0.717, 1.165) is 19.6 Å². The highest BCUT2D eigenvalue weighted by Crippen LogP contribution is 2.48. The van der Waals surface area contributed by atoms with Crippen molar-refractivity contribution in [2.45, 2.75) is 25.3 Å². The summed E-state index contributed by atoms with van der Waals surface area (Å²) in [4.78, 5) is 12.6. The molecule has 1 saturated carbocycles. The van der Waals surface area contributed by atoms with Crippen molar-refractivity contribution in [2.75, 3.05) is 26.7 Å². The number of carboxylic acids is 1. The number of carbonyl (C=O) groups is 1. The molecule has 4 heteroatoms. The average Bonchev–Trinajstić information content (AvgIpc) is 1.98. The fourth-order valence-electron chi connectivity index (χ4n) is 2.76. The Morgan fingerprint density at radius 3 is 2.71 bits per heavy atom. The van der Waals surface area contributed by atoms with Crippen molar-refractivity contribution in [3.63, 3.8) is 0 Å². The molecule has 80 valence electrons. The van der Waals surface area contributed by atoms with Gasteiger partial charge >= 0.3 is 5.97 Å². The predicted molar refractivity (Wildman–Crippen MR) is 53.2 cm³/mol. The minimum absolute atomic E-state index is 0.283. The molecular weight excluding hydrogens is 180 g/mol. The summed E-state index contributed by atoms with van der Waals surface area (Å²) in [6.07, 6.45) is 2.83. The number of aliphatic carboxylic acids is 1. The highest BCUT2D eigenvalue weighted by Gasteiger charge is 2.51. The van der Waals surface area contributed by atoms with Crippen LogP contribution in [0.1, 0.15) is 19.3 Å². The highest BCUT2D eigenvalue weighted by molar-refractivity contribution is 5.66. The largest absolute Gasteiger partial charge is 0.481 e. The second kappa shape index (κ2) is 3.51. The molecule has 2 N–H and O–H groups in total. The molecule has 2 fully saturated rings. The summed E-state index contributed by atoms with van der Waals surface area (Å²) in [6, 6.07) is 0.705. The molecule has 1 aliphatic heterocycles. The Bertz CT molecular complexity index is 228. The molecule has 1 heterocycles. The van der Waals surface area contributed by atoms with Crippen molar-refractivity contribution < 1.29 is 9.90 Å². The molecule has 2 aliphatic rings. The number of nitrogens with zero attached hydrogens (tertiary/aromatic N) is 1. The standard InChI is InChI=1S/C10H18N2O2/c1-11-8-4-10(5-8)6-12(7-10)3-2-9(13)14/h8,11H,2-7H2,1H3,(H,13,14). The van der Waals surface area contributed by atoms with Crippen LogP contribution in [0.2, 0.25) is 0 Å². The van der Waals surface area contributed by atoms with Crippen molar-refractivity contribution in [1.29, 1.82) is 0 Å². The van der Waals surface area contributed by atoms with E-state index < -0.39 is 5.97 Å². The smallest absolute Gasteiger partial charge is 0.304 e. The Balaban J connectivity index is 1.63. The third-order valence-electron chi connectivity index (χ3n) is 3.53. The summed E-state index contributed by atoms with van der Waals surface area (Å²) >= 11 is 0. The Morgan fingerprint density at radius 1 is 1.57 bits per heavy atom. The zero-order chi connectivity index (χ0) is 10.2. The molecule has 0 aromatic carbocycles. The molecule has 0 aromatic heterocycles. The first-order valence-electron chi connectivity index (χ1n) is 5.25. The molecule has 14 heavy (non-hydrogen) atoms. The second-order valence-electron chi connectivity index (χ2n) is 4.75. The topological polar surface area (TPSA) is 52.6 Å². The predicted octanol–water partition coefficient (Wildman–Crippen LogP) is 0.145. The summed E-state index contributed by atoms with van der Waals surface area (Å²) in [6.45, 7) is 2.94. The third kappa shape index (κ3) is 1.77. The van der Waals surface area contributed by atoms with Crippen LogP contribution in [-0.2, 0) is 4.79 Å². The normalized spacial score (nSPS) is 25.8. The number of rotatable bonds is 4. The summed E-state index contributed by atoms with van der Waals surface area (Å²) < 4.78 is 0. The van der Waals surface area contributed by atoms with Crippen molar-refractivity contribution in [2.24, 2.45) is 5.41 Å². The molecule has 1 aliphatic carbocycles. The van der Waals surface area contributed by atoms with E-state index in [4.69, 9.17) is 5.11 Å². The first-order valence-corrected chi connectivity index (χ1v) is 5.25. The van der Waals surface area contributed by atoms with Gasteiger partial charge in [-0.1, -0.05) is 0 Å². The van der Waals surface area contributed by atoms with Crippen LogP contribution in [0.15, 0.2) is 0 Å². The van der Waals surface area contributed by atoms with Crippen LogP contribution in [0, 0.1) is 5.41 Å². The minimum atomic E-state index is -0.687. The fourth-order valence-corrected chi connectivity index (χ4v) is 2.76. The van der Waals surface area contributed by atoms with E-state index in [1.165, 1.54) is 12.8 Å². The van der Waals surface area contributed by atoms with E-state index in [9.17, 15) is 4.79 Å². The molecular formula is C10H18N2O2. The SMILES string of the molecule is CNC1CC2(C1)CN(CCC(=O)O)C2. The number of likely N-dealkylation sites (tertiary alicyclic amines) is 1. The molecule has 1 saturated heterocycles. The van der Waals surface area contributed by atoms with Crippen molar-refractivity contribution in [1.82, 2.24) is 10.2 Å². The summed E-state index contributed by atoms with van der Waals surface area (Å²) in [5.74, 6) is -0.687. The van der Waals surface area contributed by atoms with Crippen LogP contribution in [0.25, 0.3) is 0 Å². The van der Waals surface area contributed by atoms with E-state index in [1.807, 2.05) is 7.05 Å². The van der Waals surface area contributed by atoms with Crippen molar-refractivity contribution in [3.8, 4) is 0 Å². The van der Waals surface area contributed by atoms with E-state index >= 15 is 0 Å². The lowest BCUT2D eigenvalue weighted by molar-refractivity contribution is -0.139. The van der Waals surface area contributed by atoms with Gasteiger partial charge in [0.1, 0.15) is 0 Å². The van der Waals surface area contributed by atoms with Gasteiger partial charge in [0.05, 0.1) is 6.42 Å². The van der Waals surface area contributed by atoms with Gasteiger partial charge in [0.15, 0.2) is 0 Å². The van der Waals surface area contributed by atoms with Crippen LogP contribution in [-0.4, -0.2) is 48.7 Å². The van der Waals surface area contributed by atoms with E-state index in [1.54, 1.807) is 0 Å². The molecule has 0 radical (unpaired) electrons. The fraction of sp³-hybridized carbons (Fsp3) is 0.900. The van der Waals surface area contributed by atoms with Crippen LogP contribution < -0.4 is 5.32 Å². The molecule has 0 bridgehead atoms. The molecule has 1 spiro atoms. The van der Waals surface area contributed by atoms with Gasteiger partial charge < -0.3 is 15.3 Å². The van der Waals surface area contributed by atoms with Crippen LogP contribution in [0.4, 0.5) is 0 Å². The van der Waals surface area contributed by atoms with Gasteiger partial charge in [0, 0.05) is 25.7 Å². The van der Waals surface area contributed by atoms with Gasteiger partial charge in [0.2, 0.25) is 0 Å². The summed E-state index contributed by atoms with van der Waals surface area (Å²) in [5, 5.41) is 11.8. The van der Waals surface area contributed by atoms with Crippen molar-refractivity contribution in [3.05, 3.63) is 0 Å². The van der Waals surface area contributed by atoms with Crippen LogP contribution in [0.3, 0.4) is 0 Å². The van der Waals surface area contributed by atoms with E-state index in [0.29, 0.717) is 11.5 Å². The quantitative estimate of drug-likeness (QED) is 0.675. The second-order valence-corrected chi connectivity index (χ2v) is 4.75. The van der Waals surface area contributed by atoms with Gasteiger partial charge in [-0.15, -0.1) is 0 Å². The average molecular weight is 198 g/mol. The maximum atomic E-state index is 10.4. The molecule has 2 rings (SSSR count). The lowest BCUT2D eigenvalue weighted by Gasteiger charge is -2.59. The minimum Gasteiger partial charge on any atom is -0.481 e. The number of hydrogen-bond donors (Lipinski definition) is 2. The first-order chi connectivity index (χ1) is 6.63. The molecule has 0 aromatic rings. The summed E-state index contributed by atoms with van der Waals surface area (Å²) in [7, 11) is 2.01. The number of hydrogen-bond acceptors (Lipinski definition) is 3. The Hall–Kier alpha value is -0.610. The first kappa shape index (κ1) is 9.93. The van der Waals surface area contributed by atoms with Crippen LogP contribution >= 0.6 is 0 Å².